The van der Waals surface area contributed by atoms with Crippen molar-refractivity contribution < 1.29 is 15.0 Å². The van der Waals surface area contributed by atoms with E-state index in [1.807, 2.05) is 6.08 Å². The van der Waals surface area contributed by atoms with Crippen molar-refractivity contribution in [2.24, 2.45) is 0 Å². The zero-order valence-corrected chi connectivity index (χ0v) is 57.6. The number of amides is 1. The fourth-order valence-corrected chi connectivity index (χ4v) is 12.1. The third-order valence-electron chi connectivity index (χ3n) is 17.9. The minimum atomic E-state index is -0.865. The molecule has 0 heterocycles. The summed E-state index contributed by atoms with van der Waals surface area (Å²) in [5, 5.41) is 23.3. The van der Waals surface area contributed by atoms with Gasteiger partial charge in [-0.1, -0.05) is 414 Å². The predicted octanol–water partition coefficient (Wildman–Crippen LogP) is 26.8. The summed E-state index contributed by atoms with van der Waals surface area (Å²) in [5.41, 5.74) is 0. The topological polar surface area (TPSA) is 69.6 Å². The smallest absolute Gasteiger partial charge is 0.220 e. The first-order valence-corrected chi connectivity index (χ1v) is 38.7. The highest BCUT2D eigenvalue weighted by Gasteiger charge is 2.18. The van der Waals surface area contributed by atoms with Gasteiger partial charge in [-0.3, -0.25) is 4.79 Å². The van der Waals surface area contributed by atoms with Crippen molar-refractivity contribution in [2.45, 2.75) is 431 Å². The molecule has 0 fully saturated rings. The fraction of sp³-hybridized carbons (Fsp3) is 0.840. The molecule has 0 bridgehead atoms. The van der Waals surface area contributed by atoms with Crippen molar-refractivity contribution in [1.29, 1.82) is 0 Å². The molecule has 498 valence electrons. The van der Waals surface area contributed by atoms with Crippen LogP contribution < -0.4 is 5.32 Å². The van der Waals surface area contributed by atoms with Crippen molar-refractivity contribution in [2.75, 3.05) is 6.61 Å². The molecular weight excluding hydrogens is 1030 g/mol. The van der Waals surface area contributed by atoms with Crippen LogP contribution in [0.1, 0.15) is 418 Å². The molecule has 0 spiro atoms. The lowest BCUT2D eigenvalue weighted by molar-refractivity contribution is -0.123. The predicted molar refractivity (Wildman–Crippen MR) is 382 cm³/mol. The van der Waals surface area contributed by atoms with E-state index >= 15 is 0 Å². The van der Waals surface area contributed by atoms with E-state index in [2.05, 4.69) is 79.9 Å². The Balaban J connectivity index is 3.42. The second-order valence-corrected chi connectivity index (χ2v) is 26.4. The molecule has 0 aliphatic carbocycles. The molecule has 0 radical (unpaired) electrons. The fourth-order valence-electron chi connectivity index (χ4n) is 12.1. The molecule has 2 unspecified atom stereocenters. The highest BCUT2D eigenvalue weighted by atomic mass is 16.3. The summed E-state index contributed by atoms with van der Waals surface area (Å²) >= 11 is 0. The molecule has 0 aromatic rings. The number of carbonyl (C=O) groups is 1. The van der Waals surface area contributed by atoms with E-state index in [0.29, 0.717) is 6.42 Å². The van der Waals surface area contributed by atoms with Gasteiger partial charge in [0.2, 0.25) is 5.91 Å². The zero-order chi connectivity index (χ0) is 61.2. The molecule has 4 heteroatoms. The van der Waals surface area contributed by atoms with Crippen LogP contribution in [0.4, 0.5) is 0 Å². The van der Waals surface area contributed by atoms with Gasteiger partial charge in [-0.25, -0.2) is 0 Å². The number of hydrogen-bond acceptors (Lipinski definition) is 3. The summed E-state index contributed by atoms with van der Waals surface area (Å²) < 4.78 is 0. The molecule has 85 heavy (non-hydrogen) atoms. The maximum Gasteiger partial charge on any atom is 0.220 e. The van der Waals surface area contributed by atoms with Crippen LogP contribution in [-0.4, -0.2) is 34.9 Å². The quantitative estimate of drug-likeness (QED) is 0.0420. The number of hydrogen-bond donors (Lipinski definition) is 3. The Morgan fingerprint density at radius 1 is 0.294 bits per heavy atom. The van der Waals surface area contributed by atoms with Crippen molar-refractivity contribution >= 4 is 5.91 Å². The first-order valence-electron chi connectivity index (χ1n) is 38.7. The van der Waals surface area contributed by atoms with Crippen molar-refractivity contribution in [3.63, 3.8) is 0 Å². The van der Waals surface area contributed by atoms with Gasteiger partial charge in [0.1, 0.15) is 0 Å². The highest BCUT2D eigenvalue weighted by molar-refractivity contribution is 5.76. The SMILES string of the molecule is CC/C=C\C/C=C\C/C=C\C/C=C\CCCCCCCCCCCCCCCCCCCCCCCCCCCCCCC(=O)NC(CO)C(O)/C=C/CC/C=C/CCCCCCCCCCCCCCCCCCCCCCCCCCCC. The first kappa shape index (κ1) is 82.8. The van der Waals surface area contributed by atoms with Gasteiger partial charge in [-0.2, -0.15) is 0 Å². The molecule has 0 aliphatic heterocycles. The lowest BCUT2D eigenvalue weighted by atomic mass is 10.0. The van der Waals surface area contributed by atoms with Gasteiger partial charge >= 0.3 is 0 Å². The van der Waals surface area contributed by atoms with Gasteiger partial charge in [0.05, 0.1) is 18.8 Å². The van der Waals surface area contributed by atoms with Crippen LogP contribution in [0.25, 0.3) is 0 Å². The molecule has 1 amide bonds. The number of rotatable bonds is 72. The van der Waals surface area contributed by atoms with Crippen molar-refractivity contribution in [1.82, 2.24) is 5.32 Å². The largest absolute Gasteiger partial charge is 0.394 e. The van der Waals surface area contributed by atoms with E-state index in [-0.39, 0.29) is 12.5 Å². The summed E-state index contributed by atoms with van der Waals surface area (Å²) in [6, 6.07) is -0.641. The number of aliphatic hydroxyl groups excluding tert-OH is 2. The number of nitrogens with one attached hydrogen (secondary N) is 1. The minimum absolute atomic E-state index is 0.0657. The normalized spacial score (nSPS) is 13.0. The lowest BCUT2D eigenvalue weighted by Crippen LogP contribution is -2.45. The Morgan fingerprint density at radius 2 is 0.529 bits per heavy atom. The summed E-state index contributed by atoms with van der Waals surface area (Å²) in [5.74, 6) is -0.0657. The van der Waals surface area contributed by atoms with E-state index in [9.17, 15) is 15.0 Å². The third kappa shape index (κ3) is 72.5. The lowest BCUT2D eigenvalue weighted by Gasteiger charge is -2.19. The van der Waals surface area contributed by atoms with Gasteiger partial charge in [0.15, 0.2) is 0 Å². The average molecular weight is 1190 g/mol. The first-order chi connectivity index (χ1) is 42.2. The molecule has 4 nitrogen and oxygen atoms in total. The molecule has 2 atom stereocenters. The highest BCUT2D eigenvalue weighted by Crippen LogP contribution is 2.20. The van der Waals surface area contributed by atoms with Crippen LogP contribution in [0.3, 0.4) is 0 Å². The molecule has 0 aromatic carbocycles. The molecule has 3 N–H and O–H groups in total. The Kier molecular flexibility index (Phi) is 74.1. The number of aliphatic hydroxyl groups is 2. The molecule has 0 aliphatic rings. The van der Waals surface area contributed by atoms with Crippen LogP contribution in [0.2, 0.25) is 0 Å². The summed E-state index contributed by atoms with van der Waals surface area (Å²) in [7, 11) is 0. The average Bonchev–Trinajstić information content (AvgIpc) is 3.51. The number of unbranched alkanes of at least 4 members (excludes halogenated alkanes) is 55. The van der Waals surface area contributed by atoms with Crippen LogP contribution in [0, 0.1) is 0 Å². The van der Waals surface area contributed by atoms with Crippen LogP contribution >= 0.6 is 0 Å². The van der Waals surface area contributed by atoms with E-state index in [0.717, 1.165) is 57.8 Å². The summed E-state index contributed by atoms with van der Waals surface area (Å²) in [4.78, 5) is 12.6. The van der Waals surface area contributed by atoms with Crippen molar-refractivity contribution in [3.8, 4) is 0 Å². The van der Waals surface area contributed by atoms with Gasteiger partial charge in [0, 0.05) is 6.42 Å². The molecule has 0 aromatic heterocycles. The number of allylic oxidation sites excluding steroid dienone is 11. The van der Waals surface area contributed by atoms with Gasteiger partial charge in [-0.15, -0.1) is 0 Å². The monoisotopic (exact) mass is 1190 g/mol. The maximum atomic E-state index is 12.6. The molecule has 0 saturated carbocycles. The summed E-state index contributed by atoms with van der Waals surface area (Å²) in [6.07, 6.45) is 110. The Bertz CT molecular complexity index is 1440. The Hall–Kier alpha value is -2.17. The zero-order valence-electron chi connectivity index (χ0n) is 57.6. The van der Waals surface area contributed by atoms with E-state index in [1.54, 1.807) is 6.08 Å². The van der Waals surface area contributed by atoms with Gasteiger partial charge < -0.3 is 15.5 Å². The summed E-state index contributed by atoms with van der Waals surface area (Å²) in [6.45, 7) is 4.23. The Labute approximate surface area is 533 Å². The number of carbonyl (C=O) groups excluding carboxylic acids is 1. The minimum Gasteiger partial charge on any atom is -0.394 e. The standard InChI is InChI=1S/C81H151NO3/c1-3-5-7-9-11-13-15-17-19-21-23-25-27-29-31-33-35-37-38-39-40-41-42-43-44-45-47-49-51-53-55-57-59-61-63-65-67-69-71-73-75-77-81(85)82-79(78-83)80(84)76-74-72-70-68-66-64-62-60-58-56-54-52-50-48-46-36-34-32-30-28-26-24-22-20-18-16-14-12-10-8-6-4-2/h5,7,11,13,17,19,23,25,66,68,74,76,79-80,83-84H,3-4,6,8-10,12,14-16,18,20-22,24,26-65,67,69-73,75,77-78H2,1-2H3,(H,82,85)/b7-5-,13-11-,19-17-,25-23-,68-66+,76-74+. The van der Waals surface area contributed by atoms with Gasteiger partial charge in [0.25, 0.3) is 0 Å². The van der Waals surface area contributed by atoms with Gasteiger partial charge in [-0.05, 0) is 70.6 Å². The third-order valence-corrected chi connectivity index (χ3v) is 17.9. The van der Waals surface area contributed by atoms with Crippen molar-refractivity contribution in [3.05, 3.63) is 72.9 Å². The van der Waals surface area contributed by atoms with E-state index in [1.165, 1.54) is 340 Å². The van der Waals surface area contributed by atoms with Crippen LogP contribution in [0.15, 0.2) is 72.9 Å². The van der Waals surface area contributed by atoms with E-state index < -0.39 is 12.1 Å². The van der Waals surface area contributed by atoms with E-state index in [4.69, 9.17) is 0 Å². The molecule has 0 saturated heterocycles. The maximum absolute atomic E-state index is 12.6. The Morgan fingerprint density at radius 3 is 0.824 bits per heavy atom. The van der Waals surface area contributed by atoms with Crippen LogP contribution in [-0.2, 0) is 4.79 Å². The molecule has 0 rings (SSSR count). The second-order valence-electron chi connectivity index (χ2n) is 26.4. The van der Waals surface area contributed by atoms with Crippen LogP contribution in [0.5, 0.6) is 0 Å². The second kappa shape index (κ2) is 76.1. The molecular formula is C81H151NO3.